The molecular weight excluding hydrogens is 208 g/mol. The molecule has 0 amide bonds. The third-order valence-corrected chi connectivity index (χ3v) is 3.19. The van der Waals surface area contributed by atoms with Crippen molar-refractivity contribution in [1.82, 2.24) is 5.32 Å². The van der Waals surface area contributed by atoms with Crippen LogP contribution in [0.15, 0.2) is 12.1 Å². The number of hydrogen-bond donors (Lipinski definition) is 1. The normalized spacial score (nSPS) is 20.3. The van der Waals surface area contributed by atoms with Crippen molar-refractivity contribution >= 4 is 0 Å². The Morgan fingerprint density at radius 2 is 2.12 bits per heavy atom. The van der Waals surface area contributed by atoms with Crippen molar-refractivity contribution in [1.29, 1.82) is 0 Å². The molecule has 0 aromatic heterocycles. The van der Waals surface area contributed by atoms with Crippen LogP contribution >= 0.6 is 0 Å². The zero-order valence-corrected chi connectivity index (χ0v) is 9.52. The molecule has 0 spiro atoms. The monoisotopic (exact) mass is 225 g/mol. The first-order valence-electron chi connectivity index (χ1n) is 5.93. The minimum atomic E-state index is -0.471. The average Bonchev–Trinajstić information content (AvgIpc) is 2.42. The minimum absolute atomic E-state index is 0.104. The van der Waals surface area contributed by atoms with Gasteiger partial charge in [0, 0.05) is 12.1 Å². The van der Waals surface area contributed by atoms with Crippen molar-refractivity contribution in [3.05, 3.63) is 34.9 Å². The van der Waals surface area contributed by atoms with Crippen LogP contribution in [0.3, 0.4) is 0 Å². The highest BCUT2D eigenvalue weighted by Gasteiger charge is 2.21. The van der Waals surface area contributed by atoms with Gasteiger partial charge in [0.05, 0.1) is 0 Å². The van der Waals surface area contributed by atoms with Crippen LogP contribution in [0.1, 0.15) is 43.4 Å². The first-order valence-corrected chi connectivity index (χ1v) is 5.93. The van der Waals surface area contributed by atoms with Gasteiger partial charge in [-0.1, -0.05) is 13.3 Å². The Bertz CT molecular complexity index is 376. The van der Waals surface area contributed by atoms with E-state index in [1.165, 1.54) is 6.07 Å². The lowest BCUT2D eigenvalue weighted by Gasteiger charge is -2.18. The van der Waals surface area contributed by atoms with Crippen molar-refractivity contribution in [3.8, 4) is 0 Å². The van der Waals surface area contributed by atoms with Gasteiger partial charge in [0.15, 0.2) is 0 Å². The quantitative estimate of drug-likeness (QED) is 0.761. The van der Waals surface area contributed by atoms with E-state index >= 15 is 0 Å². The number of hydrogen-bond acceptors (Lipinski definition) is 1. The third kappa shape index (κ3) is 2.24. The van der Waals surface area contributed by atoms with E-state index in [4.69, 9.17) is 0 Å². The number of benzene rings is 1. The Morgan fingerprint density at radius 3 is 2.88 bits per heavy atom. The molecule has 0 saturated heterocycles. The van der Waals surface area contributed by atoms with E-state index in [-0.39, 0.29) is 11.9 Å². The van der Waals surface area contributed by atoms with Gasteiger partial charge in [0.1, 0.15) is 11.6 Å². The maximum Gasteiger partial charge on any atom is 0.129 e. The van der Waals surface area contributed by atoms with Crippen LogP contribution in [0.2, 0.25) is 0 Å². The van der Waals surface area contributed by atoms with Crippen molar-refractivity contribution in [2.24, 2.45) is 0 Å². The summed E-state index contributed by atoms with van der Waals surface area (Å²) in [7, 11) is 0. The van der Waals surface area contributed by atoms with Crippen molar-refractivity contribution < 1.29 is 8.78 Å². The smallest absolute Gasteiger partial charge is 0.129 e. The summed E-state index contributed by atoms with van der Waals surface area (Å²) in [4.78, 5) is 0. The highest BCUT2D eigenvalue weighted by molar-refractivity contribution is 5.33. The van der Waals surface area contributed by atoms with E-state index in [0.29, 0.717) is 5.56 Å². The van der Waals surface area contributed by atoms with Crippen molar-refractivity contribution in [2.45, 2.75) is 38.6 Å². The average molecular weight is 225 g/mol. The van der Waals surface area contributed by atoms with Gasteiger partial charge < -0.3 is 5.32 Å². The summed E-state index contributed by atoms with van der Waals surface area (Å²) < 4.78 is 26.9. The topological polar surface area (TPSA) is 12.0 Å². The van der Waals surface area contributed by atoms with Gasteiger partial charge in [-0.15, -0.1) is 0 Å². The predicted molar refractivity (Wildman–Crippen MR) is 60.3 cm³/mol. The lowest BCUT2D eigenvalue weighted by Crippen LogP contribution is -2.21. The van der Waals surface area contributed by atoms with Gasteiger partial charge in [-0.2, -0.15) is 0 Å². The third-order valence-electron chi connectivity index (χ3n) is 3.19. The van der Waals surface area contributed by atoms with E-state index in [1.54, 1.807) is 0 Å². The molecule has 0 bridgehead atoms. The van der Waals surface area contributed by atoms with Gasteiger partial charge >= 0.3 is 0 Å². The van der Waals surface area contributed by atoms with Crippen molar-refractivity contribution in [3.63, 3.8) is 0 Å². The first kappa shape index (κ1) is 11.5. The highest BCUT2D eigenvalue weighted by atomic mass is 19.1. The van der Waals surface area contributed by atoms with Crippen LogP contribution in [-0.2, 0) is 6.42 Å². The van der Waals surface area contributed by atoms with Crippen LogP contribution in [-0.4, -0.2) is 6.54 Å². The zero-order chi connectivity index (χ0) is 11.5. The molecule has 1 atom stereocenters. The lowest BCUT2D eigenvalue weighted by atomic mass is 9.98. The highest BCUT2D eigenvalue weighted by Crippen LogP contribution is 2.30. The Labute approximate surface area is 94.9 Å². The fraction of sp³-hybridized carbons (Fsp3) is 0.538. The van der Waals surface area contributed by atoms with Crippen LogP contribution in [0.4, 0.5) is 8.78 Å². The lowest BCUT2D eigenvalue weighted by molar-refractivity contribution is 0.498. The molecule has 0 heterocycles. The Balaban J connectivity index is 2.43. The van der Waals surface area contributed by atoms with Crippen LogP contribution in [0.5, 0.6) is 0 Å². The second kappa shape index (κ2) is 4.91. The molecule has 0 radical (unpaired) electrons. The van der Waals surface area contributed by atoms with Gasteiger partial charge in [0.25, 0.3) is 0 Å². The summed E-state index contributed by atoms with van der Waals surface area (Å²) in [6, 6.07) is 2.58. The molecule has 1 aliphatic carbocycles. The number of fused-ring (bicyclic) bond motifs is 1. The molecule has 88 valence electrons. The molecule has 1 aromatic rings. The molecule has 0 fully saturated rings. The fourth-order valence-electron chi connectivity index (χ4n) is 2.46. The minimum Gasteiger partial charge on any atom is -0.310 e. The van der Waals surface area contributed by atoms with Gasteiger partial charge in [0.2, 0.25) is 0 Å². The molecule has 1 aliphatic rings. The van der Waals surface area contributed by atoms with E-state index in [9.17, 15) is 8.78 Å². The maximum atomic E-state index is 13.7. The molecule has 2 rings (SSSR count). The number of rotatable bonds is 2. The van der Waals surface area contributed by atoms with E-state index in [2.05, 4.69) is 5.32 Å². The van der Waals surface area contributed by atoms with Gasteiger partial charge in [-0.3, -0.25) is 0 Å². The number of halogens is 2. The Morgan fingerprint density at radius 1 is 1.31 bits per heavy atom. The van der Waals surface area contributed by atoms with E-state index < -0.39 is 5.82 Å². The standard InChI is InChI=1S/C13H17F2N/c1-2-16-13-6-4-3-5-10-11(13)7-9(14)8-12(10)15/h7-8,13,16H,2-6H2,1H3. The second-order valence-corrected chi connectivity index (χ2v) is 4.31. The molecule has 1 aromatic carbocycles. The van der Waals surface area contributed by atoms with E-state index in [1.807, 2.05) is 6.92 Å². The summed E-state index contributed by atoms with van der Waals surface area (Å²) >= 11 is 0. The molecule has 16 heavy (non-hydrogen) atoms. The fourth-order valence-corrected chi connectivity index (χ4v) is 2.46. The molecule has 1 unspecified atom stereocenters. The summed E-state index contributed by atoms with van der Waals surface area (Å²) in [5.74, 6) is -0.860. The van der Waals surface area contributed by atoms with Crippen molar-refractivity contribution in [2.75, 3.05) is 6.54 Å². The number of nitrogens with one attached hydrogen (secondary N) is 1. The van der Waals surface area contributed by atoms with Crippen LogP contribution in [0, 0.1) is 11.6 Å². The molecule has 0 aliphatic heterocycles. The van der Waals surface area contributed by atoms with Gasteiger partial charge in [-0.05, 0) is 43.0 Å². The largest absolute Gasteiger partial charge is 0.310 e. The second-order valence-electron chi connectivity index (χ2n) is 4.31. The van der Waals surface area contributed by atoms with Crippen LogP contribution in [0.25, 0.3) is 0 Å². The maximum absolute atomic E-state index is 13.7. The molecule has 1 nitrogen and oxygen atoms in total. The van der Waals surface area contributed by atoms with Crippen LogP contribution < -0.4 is 5.32 Å². The molecular formula is C13H17F2N. The summed E-state index contributed by atoms with van der Waals surface area (Å²) in [6.45, 7) is 2.84. The Hall–Kier alpha value is -0.960. The van der Waals surface area contributed by atoms with E-state index in [0.717, 1.165) is 43.9 Å². The molecule has 1 N–H and O–H groups in total. The molecule has 3 heteroatoms. The summed E-state index contributed by atoms with van der Waals surface area (Å²) in [5.41, 5.74) is 1.52. The summed E-state index contributed by atoms with van der Waals surface area (Å²) in [6.07, 6.45) is 3.73. The SMILES string of the molecule is CCNC1CCCCc2c(F)cc(F)cc21. The first-order chi connectivity index (χ1) is 7.72. The zero-order valence-electron chi connectivity index (χ0n) is 9.52. The molecule has 0 saturated carbocycles. The Kier molecular flexibility index (Phi) is 3.54. The summed E-state index contributed by atoms with van der Waals surface area (Å²) in [5, 5.41) is 3.30. The predicted octanol–water partition coefficient (Wildman–Crippen LogP) is 3.34. The van der Waals surface area contributed by atoms with Gasteiger partial charge in [-0.25, -0.2) is 8.78 Å².